The van der Waals surface area contributed by atoms with Crippen LogP contribution in [-0.4, -0.2) is 15.0 Å². The molecule has 0 saturated carbocycles. The van der Waals surface area contributed by atoms with Crippen molar-refractivity contribution in [1.82, 2.24) is 15.0 Å². The van der Waals surface area contributed by atoms with Crippen LogP contribution in [0.3, 0.4) is 0 Å². The summed E-state index contributed by atoms with van der Waals surface area (Å²) >= 11 is 0. The van der Waals surface area contributed by atoms with Gasteiger partial charge in [-0.1, -0.05) is 0 Å². The summed E-state index contributed by atoms with van der Waals surface area (Å²) in [6.07, 6.45) is 0. The second-order valence-corrected chi connectivity index (χ2v) is 9.40. The molecule has 0 spiro atoms. The Morgan fingerprint density at radius 3 is 0.750 bits per heavy atom. The predicted molar refractivity (Wildman–Crippen MR) is 154 cm³/mol. The van der Waals surface area contributed by atoms with Crippen LogP contribution in [0.2, 0.25) is 0 Å². The molecular weight excluding hydrogens is 654 g/mol. The van der Waals surface area contributed by atoms with Gasteiger partial charge in [-0.05, 0) is 18.2 Å². The van der Waals surface area contributed by atoms with Crippen LogP contribution >= 0.6 is 0 Å². The fraction of sp³-hybridized carbons (Fsp3) is 0. The van der Waals surface area contributed by atoms with E-state index in [1.54, 1.807) is 0 Å². The van der Waals surface area contributed by atoms with E-state index < -0.39 is 67.5 Å². The molecule has 0 aliphatic carbocycles. The Morgan fingerprint density at radius 1 is 0.250 bits per heavy atom. The van der Waals surface area contributed by atoms with Crippen LogP contribution in [0, 0.1) is 0 Å². The Kier molecular flexibility index (Phi) is 5.98. The maximum absolute atomic E-state index is 11.2. The number of pyridine rings is 1. The Bertz CT molecular complexity index is 2700. The number of nitrogens with zero attached hydrogens (tertiary/aromatic N) is 3. The van der Waals surface area contributed by atoms with Crippen LogP contribution in [0.5, 0.6) is 0 Å². The third-order valence-electron chi connectivity index (χ3n) is 6.67. The molecule has 9 rings (SSSR count). The van der Waals surface area contributed by atoms with Crippen molar-refractivity contribution in [2.24, 2.45) is 0 Å². The fourth-order valence-corrected chi connectivity index (χ4v) is 4.54. The van der Waals surface area contributed by atoms with Crippen molar-refractivity contribution in [2.75, 3.05) is 0 Å². The lowest BCUT2D eigenvalue weighted by Gasteiger charge is -1.84. The zero-order chi connectivity index (χ0) is 34.3. The quantitative estimate of drug-likeness (QED) is 0.154. The highest BCUT2D eigenvalue weighted by Crippen LogP contribution is 2.14. The molecule has 9 aromatic rings. The highest BCUT2D eigenvalue weighted by molar-refractivity contribution is 5.96. The average molecular weight is 657 g/mol. The van der Waals surface area contributed by atoms with Crippen LogP contribution in [0.1, 0.15) is 0 Å². The first kappa shape index (κ1) is 29.0. The first-order valence-corrected chi connectivity index (χ1v) is 12.5. The van der Waals surface area contributed by atoms with Crippen LogP contribution in [-0.2, 0) is 0 Å². The Hall–Kier alpha value is -7.71. The molecule has 0 atom stereocenters. The van der Waals surface area contributed by atoms with Crippen LogP contribution < -0.4 is 67.5 Å². The molecule has 21 heteroatoms. The summed E-state index contributed by atoms with van der Waals surface area (Å²) in [5, 5.41) is -0.331. The molecular formula is C27H3N3O18. The van der Waals surface area contributed by atoms with Gasteiger partial charge in [0.05, 0.1) is 32.3 Å². The Balaban J connectivity index is 0.000000114. The normalized spacial score (nSPS) is 11.5. The molecule has 0 amide bonds. The van der Waals surface area contributed by atoms with Gasteiger partial charge in [0, 0.05) is 0 Å². The molecule has 0 N–H and O–H groups in total. The molecule has 1 aromatic carbocycles. The van der Waals surface area contributed by atoms with E-state index in [9.17, 15) is 57.5 Å². The topological polar surface area (TPSA) is 322 Å². The summed E-state index contributed by atoms with van der Waals surface area (Å²) in [7, 11) is 0. The van der Waals surface area contributed by atoms with E-state index in [1.807, 2.05) is 0 Å². The van der Waals surface area contributed by atoms with Crippen molar-refractivity contribution < 1.29 is 26.5 Å². The van der Waals surface area contributed by atoms with E-state index >= 15 is 0 Å². The molecule has 0 aliphatic rings. The monoisotopic (exact) mass is 657 g/mol. The number of benzene rings is 1. The molecule has 234 valence electrons. The highest BCUT2D eigenvalue weighted by Gasteiger charge is 2.20. The van der Waals surface area contributed by atoms with Gasteiger partial charge in [0.2, 0.25) is 0 Å². The van der Waals surface area contributed by atoms with Crippen molar-refractivity contribution in [3.8, 4) is 0 Å². The van der Waals surface area contributed by atoms with Gasteiger partial charge in [-0.3, -0.25) is 0 Å². The molecule has 21 nitrogen and oxygen atoms in total. The minimum absolute atomic E-state index is 0.0181. The first-order chi connectivity index (χ1) is 22.7. The van der Waals surface area contributed by atoms with Gasteiger partial charge in [-0.15, -0.1) is 0 Å². The van der Waals surface area contributed by atoms with Crippen molar-refractivity contribution in [1.29, 1.82) is 0 Å². The standard InChI is InChI=1S/C10H2O6.C9HNO6.C8N2O6/c11-7-3-1-4-6(10(14)16-8(4)12)2-5(3)9(13)15-7;11-6-2-1-3-5(9(14)16-7(3)12)10-4(2)8(13)15-6;11-5-1-2(6(12)15-5)10-4-3(9-1)7(13)16-8(4)14/h1-2H;1H;. The van der Waals surface area contributed by atoms with E-state index in [-0.39, 0.29) is 65.4 Å². The van der Waals surface area contributed by atoms with Gasteiger partial charge < -0.3 is 26.5 Å². The second kappa shape index (κ2) is 9.90. The third kappa shape index (κ3) is 4.22. The lowest BCUT2D eigenvalue weighted by molar-refractivity contribution is 0.496. The lowest BCUT2D eigenvalue weighted by atomic mass is 10.1. The van der Waals surface area contributed by atoms with Gasteiger partial charge in [-0.25, -0.2) is 72.5 Å². The number of fused-ring (bicyclic) bond motifs is 6. The molecule has 8 aromatic heterocycles. The van der Waals surface area contributed by atoms with Crippen molar-refractivity contribution in [3.63, 3.8) is 0 Å². The number of aromatic nitrogens is 3. The Labute approximate surface area is 250 Å². The maximum Gasteiger partial charge on any atom is 0.367 e. The summed E-state index contributed by atoms with van der Waals surface area (Å²) in [5.41, 5.74) is -13.0. The summed E-state index contributed by atoms with van der Waals surface area (Å²) in [6.45, 7) is 0. The summed E-state index contributed by atoms with van der Waals surface area (Å²) < 4.78 is 25.7. The van der Waals surface area contributed by atoms with E-state index in [0.29, 0.717) is 0 Å². The smallest absolute Gasteiger partial charge is 0.367 e. The zero-order valence-electron chi connectivity index (χ0n) is 22.4. The van der Waals surface area contributed by atoms with Crippen LogP contribution in [0.4, 0.5) is 0 Å². The second-order valence-electron chi connectivity index (χ2n) is 9.40. The summed E-state index contributed by atoms with van der Waals surface area (Å²) in [4.78, 5) is 144. The zero-order valence-corrected chi connectivity index (χ0v) is 22.4. The number of hydrogen-bond donors (Lipinski definition) is 0. The third-order valence-corrected chi connectivity index (χ3v) is 6.67. The number of furan rings is 6. The molecule has 0 fully saturated rings. The first-order valence-electron chi connectivity index (χ1n) is 12.5. The lowest BCUT2D eigenvalue weighted by Crippen LogP contribution is -2.01. The van der Waals surface area contributed by atoms with Gasteiger partial charge in [0.15, 0.2) is 33.1 Å². The minimum atomic E-state index is -0.998. The maximum atomic E-state index is 11.2. The average Bonchev–Trinajstić information content (AvgIpc) is 3.82. The van der Waals surface area contributed by atoms with Crippen molar-refractivity contribution in [2.45, 2.75) is 0 Å². The van der Waals surface area contributed by atoms with Crippen LogP contribution in [0.25, 0.3) is 65.4 Å². The molecule has 0 aliphatic heterocycles. The van der Waals surface area contributed by atoms with Crippen molar-refractivity contribution >= 4 is 65.4 Å². The molecule has 0 bridgehead atoms. The molecule has 0 radical (unpaired) electrons. The largest absolute Gasteiger partial charge is 0.386 e. The Morgan fingerprint density at radius 2 is 0.438 bits per heavy atom. The van der Waals surface area contributed by atoms with Crippen LogP contribution in [0.15, 0.2) is 102 Å². The summed E-state index contributed by atoms with van der Waals surface area (Å²) in [5.74, 6) is 0. The van der Waals surface area contributed by atoms with Crippen molar-refractivity contribution in [3.05, 3.63) is 143 Å². The van der Waals surface area contributed by atoms with Gasteiger partial charge >= 0.3 is 67.5 Å². The molecule has 0 unspecified atom stereocenters. The van der Waals surface area contributed by atoms with Gasteiger partial charge in [0.1, 0.15) is 0 Å². The molecule has 0 saturated heterocycles. The number of hydrogen-bond acceptors (Lipinski definition) is 21. The predicted octanol–water partition coefficient (Wildman–Crippen LogP) is -3.33. The van der Waals surface area contributed by atoms with E-state index in [0.717, 1.165) is 18.2 Å². The van der Waals surface area contributed by atoms with Gasteiger partial charge in [-0.2, -0.15) is 0 Å². The van der Waals surface area contributed by atoms with E-state index in [2.05, 4.69) is 41.5 Å². The molecule has 48 heavy (non-hydrogen) atoms. The SMILES string of the molecule is O=c1oc(=O)c2cc3c(=O)oc(=O)c3cc12.O=c1oc(=O)c2nc3c(=O)oc(=O)c3cc12.O=c1oc(=O)c2nc3c(=O)oc(=O)c3nc12. The van der Waals surface area contributed by atoms with E-state index in [4.69, 9.17) is 0 Å². The van der Waals surface area contributed by atoms with E-state index in [1.165, 1.54) is 0 Å². The minimum Gasteiger partial charge on any atom is -0.386 e. The molecule has 8 heterocycles. The highest BCUT2D eigenvalue weighted by atomic mass is 16.5. The fourth-order valence-electron chi connectivity index (χ4n) is 4.54. The van der Waals surface area contributed by atoms with Gasteiger partial charge in [0.25, 0.3) is 0 Å². The summed E-state index contributed by atoms with van der Waals surface area (Å²) in [6, 6.07) is 3.37. The number of rotatable bonds is 0.